The fourth-order valence-electron chi connectivity index (χ4n) is 4.31. The van der Waals surface area contributed by atoms with E-state index in [1.807, 2.05) is 69.3 Å². The van der Waals surface area contributed by atoms with Gasteiger partial charge < -0.3 is 19.5 Å². The Morgan fingerprint density at radius 1 is 1.17 bits per heavy atom. The van der Waals surface area contributed by atoms with Crippen LogP contribution in [-0.2, 0) is 11.3 Å². The number of hydrogen-bond acceptors (Lipinski definition) is 7. The number of nitrogens with zero attached hydrogens (tertiary/aromatic N) is 2. The highest BCUT2D eigenvalue weighted by molar-refractivity contribution is 7.14. The second kappa shape index (κ2) is 9.92. The van der Waals surface area contributed by atoms with Gasteiger partial charge in [-0.25, -0.2) is 4.98 Å². The van der Waals surface area contributed by atoms with Crippen molar-refractivity contribution in [2.75, 3.05) is 7.11 Å². The lowest BCUT2D eigenvalue weighted by atomic mass is 9.94. The number of amides is 1. The van der Waals surface area contributed by atoms with E-state index in [0.29, 0.717) is 27.6 Å². The Morgan fingerprint density at radius 2 is 1.91 bits per heavy atom. The van der Waals surface area contributed by atoms with Crippen molar-refractivity contribution in [3.05, 3.63) is 86.6 Å². The number of aromatic nitrogens is 1. The molecule has 0 aliphatic carbocycles. The maximum absolute atomic E-state index is 13.7. The maximum Gasteiger partial charge on any atom is 0.290 e. The molecule has 0 saturated heterocycles. The molecule has 2 aromatic carbocycles. The van der Waals surface area contributed by atoms with Crippen molar-refractivity contribution in [1.82, 2.24) is 9.88 Å². The molecule has 7 nitrogen and oxygen atoms in total. The topological polar surface area (TPSA) is 89.0 Å². The van der Waals surface area contributed by atoms with Crippen LogP contribution in [0.2, 0.25) is 0 Å². The number of aryl methyl sites for hydroxylation is 2. The van der Waals surface area contributed by atoms with Crippen LogP contribution in [0.25, 0.3) is 0 Å². The molecule has 1 amide bonds. The van der Waals surface area contributed by atoms with E-state index in [9.17, 15) is 14.7 Å². The van der Waals surface area contributed by atoms with Gasteiger partial charge in [0.2, 0.25) is 5.78 Å². The maximum atomic E-state index is 13.7. The second-order valence-electron chi connectivity index (χ2n) is 8.63. The fraction of sp³-hybridized carbons (Fsp3) is 0.296. The molecule has 1 aromatic heterocycles. The lowest BCUT2D eigenvalue weighted by Gasteiger charge is -2.28. The number of Topliss-reactive ketones (excluding diaryl/α,β-unsaturated/α-hetero) is 1. The first-order valence-electron chi connectivity index (χ1n) is 11.3. The molecule has 3 aromatic rings. The summed E-state index contributed by atoms with van der Waals surface area (Å²) in [6, 6.07) is 13.8. The number of ketones is 1. The van der Waals surface area contributed by atoms with Crippen LogP contribution in [0.15, 0.2) is 59.9 Å². The van der Waals surface area contributed by atoms with Crippen molar-refractivity contribution in [2.45, 2.75) is 46.4 Å². The third kappa shape index (κ3) is 4.79. The highest BCUT2D eigenvalue weighted by atomic mass is 32.1. The Bertz CT molecular complexity index is 1310. The number of rotatable bonds is 8. The van der Waals surface area contributed by atoms with E-state index in [4.69, 9.17) is 9.47 Å². The highest BCUT2D eigenvalue weighted by Gasteiger charge is 2.44. The third-order valence-corrected chi connectivity index (χ3v) is 6.81. The SMILES string of the molecule is COc1ccccc1CN1C(=O)C(O)=C(C(=O)c2sc(C)nc2C)C1c1cccc(OC(C)C)c1. The van der Waals surface area contributed by atoms with Gasteiger partial charge in [-0.2, -0.15) is 0 Å². The molecular weight excluding hydrogens is 464 g/mol. The number of para-hydroxylation sites is 1. The van der Waals surface area contributed by atoms with Crippen molar-refractivity contribution in [3.63, 3.8) is 0 Å². The molecule has 1 unspecified atom stereocenters. The van der Waals surface area contributed by atoms with Crippen molar-refractivity contribution in [1.29, 1.82) is 0 Å². The van der Waals surface area contributed by atoms with E-state index < -0.39 is 23.5 Å². The molecule has 0 radical (unpaired) electrons. The summed E-state index contributed by atoms with van der Waals surface area (Å²) >= 11 is 1.25. The van der Waals surface area contributed by atoms with Crippen molar-refractivity contribution in [3.8, 4) is 11.5 Å². The molecule has 35 heavy (non-hydrogen) atoms. The lowest BCUT2D eigenvalue weighted by molar-refractivity contribution is -0.130. The Morgan fingerprint density at radius 3 is 2.57 bits per heavy atom. The van der Waals surface area contributed by atoms with E-state index in [1.54, 1.807) is 14.0 Å². The van der Waals surface area contributed by atoms with Gasteiger partial charge in [0.1, 0.15) is 11.5 Å². The van der Waals surface area contributed by atoms with Crippen LogP contribution in [0.5, 0.6) is 11.5 Å². The Hall–Kier alpha value is -3.65. The molecule has 0 bridgehead atoms. The number of aliphatic hydroxyl groups excluding tert-OH is 1. The summed E-state index contributed by atoms with van der Waals surface area (Å²) < 4.78 is 11.3. The van der Waals surface area contributed by atoms with Crippen LogP contribution in [-0.4, -0.2) is 39.9 Å². The number of thiazole rings is 1. The minimum atomic E-state index is -0.808. The van der Waals surface area contributed by atoms with Gasteiger partial charge in [0, 0.05) is 5.56 Å². The van der Waals surface area contributed by atoms with Crippen LogP contribution in [0.4, 0.5) is 0 Å². The first-order chi connectivity index (χ1) is 16.7. The lowest BCUT2D eigenvalue weighted by Crippen LogP contribution is -2.31. The standard InChI is InChI=1S/C27H28N2O5S/c1-15(2)34-20-11-8-10-18(13-20)23-22(24(30)26-16(3)28-17(4)35-26)25(31)27(32)29(23)14-19-9-6-7-12-21(19)33-5/h6-13,15,23,31H,14H2,1-5H3. The van der Waals surface area contributed by atoms with E-state index in [0.717, 1.165) is 10.6 Å². The number of ether oxygens (including phenoxy) is 2. The molecule has 0 saturated carbocycles. The zero-order chi connectivity index (χ0) is 25.3. The summed E-state index contributed by atoms with van der Waals surface area (Å²) in [5, 5.41) is 11.7. The molecular formula is C27H28N2O5S. The number of methoxy groups -OCH3 is 1. The molecule has 1 aliphatic heterocycles. The minimum absolute atomic E-state index is 0.0401. The number of benzene rings is 2. The van der Waals surface area contributed by atoms with Gasteiger partial charge in [0.15, 0.2) is 5.76 Å². The van der Waals surface area contributed by atoms with Crippen molar-refractivity contribution < 1.29 is 24.2 Å². The number of carbonyl (C=O) groups is 2. The number of aliphatic hydroxyl groups is 1. The van der Waals surface area contributed by atoms with Gasteiger partial charge in [-0.15, -0.1) is 11.3 Å². The molecule has 0 fully saturated rings. The van der Waals surface area contributed by atoms with Crippen LogP contribution < -0.4 is 9.47 Å². The zero-order valence-electron chi connectivity index (χ0n) is 20.4. The first kappa shape index (κ1) is 24.5. The fourth-order valence-corrected chi connectivity index (χ4v) is 5.18. The normalized spacial score (nSPS) is 15.8. The molecule has 4 rings (SSSR count). The Labute approximate surface area is 208 Å². The predicted octanol–water partition coefficient (Wildman–Crippen LogP) is 5.33. The first-order valence-corrected chi connectivity index (χ1v) is 12.1. The van der Waals surface area contributed by atoms with E-state index in [2.05, 4.69) is 4.98 Å². The third-order valence-electron chi connectivity index (χ3n) is 5.74. The van der Waals surface area contributed by atoms with Gasteiger partial charge in [0.25, 0.3) is 5.91 Å². The van der Waals surface area contributed by atoms with Crippen molar-refractivity contribution >= 4 is 23.0 Å². The Kier molecular flexibility index (Phi) is 6.93. The monoisotopic (exact) mass is 492 g/mol. The van der Waals surface area contributed by atoms with Crippen LogP contribution in [0, 0.1) is 13.8 Å². The summed E-state index contributed by atoms with van der Waals surface area (Å²) in [6.07, 6.45) is -0.0481. The average molecular weight is 493 g/mol. The van der Waals surface area contributed by atoms with Crippen molar-refractivity contribution in [2.24, 2.45) is 0 Å². The highest BCUT2D eigenvalue weighted by Crippen LogP contribution is 2.42. The number of carbonyl (C=O) groups excluding carboxylic acids is 2. The second-order valence-corrected chi connectivity index (χ2v) is 9.83. The minimum Gasteiger partial charge on any atom is -0.503 e. The molecule has 0 spiro atoms. The van der Waals surface area contributed by atoms with Gasteiger partial charge in [-0.1, -0.05) is 30.3 Å². The predicted molar refractivity (Wildman–Crippen MR) is 134 cm³/mol. The van der Waals surface area contributed by atoms with Gasteiger partial charge in [-0.05, 0) is 51.5 Å². The van der Waals surface area contributed by atoms with Crippen LogP contribution in [0.3, 0.4) is 0 Å². The van der Waals surface area contributed by atoms with Gasteiger partial charge in [0.05, 0.1) is 47.0 Å². The molecule has 1 N–H and O–H groups in total. The van der Waals surface area contributed by atoms with Crippen LogP contribution in [0.1, 0.15) is 51.4 Å². The smallest absolute Gasteiger partial charge is 0.290 e. The quantitative estimate of drug-likeness (QED) is 0.427. The zero-order valence-corrected chi connectivity index (χ0v) is 21.2. The Balaban J connectivity index is 1.83. The summed E-state index contributed by atoms with van der Waals surface area (Å²) in [7, 11) is 1.56. The van der Waals surface area contributed by atoms with E-state index in [-0.39, 0.29) is 18.2 Å². The molecule has 182 valence electrons. The van der Waals surface area contributed by atoms with E-state index >= 15 is 0 Å². The molecule has 2 heterocycles. The van der Waals surface area contributed by atoms with Crippen LogP contribution >= 0.6 is 11.3 Å². The number of hydrogen-bond donors (Lipinski definition) is 1. The average Bonchev–Trinajstić information content (AvgIpc) is 3.29. The summed E-state index contributed by atoms with van der Waals surface area (Å²) in [5.41, 5.74) is 2.04. The van der Waals surface area contributed by atoms with E-state index in [1.165, 1.54) is 16.2 Å². The largest absolute Gasteiger partial charge is 0.503 e. The molecule has 1 atom stereocenters. The molecule has 8 heteroatoms. The molecule has 1 aliphatic rings. The summed E-state index contributed by atoms with van der Waals surface area (Å²) in [4.78, 5) is 33.4. The van der Waals surface area contributed by atoms with Gasteiger partial charge >= 0.3 is 0 Å². The summed E-state index contributed by atoms with van der Waals surface area (Å²) in [6.45, 7) is 7.57. The van der Waals surface area contributed by atoms with Gasteiger partial charge in [-0.3, -0.25) is 9.59 Å². The summed E-state index contributed by atoms with van der Waals surface area (Å²) in [5.74, 6) is -0.329.